The van der Waals surface area contributed by atoms with Crippen LogP contribution < -0.4 is 19.5 Å². The lowest BCUT2D eigenvalue weighted by atomic mass is 10.2. The molecular weight excluding hydrogens is 372 g/mol. The molecule has 0 bridgehead atoms. The summed E-state index contributed by atoms with van der Waals surface area (Å²) in [4.78, 5) is 17.0. The molecule has 29 heavy (non-hydrogen) atoms. The van der Waals surface area contributed by atoms with Gasteiger partial charge in [0, 0.05) is 30.2 Å². The number of benzene rings is 2. The summed E-state index contributed by atoms with van der Waals surface area (Å²) in [6.45, 7) is 2.29. The van der Waals surface area contributed by atoms with Crippen molar-refractivity contribution < 1.29 is 23.4 Å². The molecule has 0 atom stereocenters. The summed E-state index contributed by atoms with van der Waals surface area (Å²) in [5.41, 5.74) is 2.14. The summed E-state index contributed by atoms with van der Waals surface area (Å²) in [6, 6.07) is 12.6. The molecule has 0 aliphatic heterocycles. The van der Waals surface area contributed by atoms with Gasteiger partial charge in [0.25, 0.3) is 5.91 Å². The number of rotatable bonds is 8. The third kappa shape index (κ3) is 4.87. The van der Waals surface area contributed by atoms with E-state index in [9.17, 15) is 4.79 Å². The van der Waals surface area contributed by atoms with Crippen LogP contribution in [0.15, 0.2) is 46.9 Å². The Morgan fingerprint density at radius 3 is 2.17 bits per heavy atom. The molecule has 0 unspecified atom stereocenters. The lowest BCUT2D eigenvalue weighted by Crippen LogP contribution is -2.26. The number of aromatic nitrogens is 1. The molecule has 0 aliphatic rings. The van der Waals surface area contributed by atoms with Crippen LogP contribution in [0, 0.1) is 6.92 Å². The van der Waals surface area contributed by atoms with Crippen LogP contribution in [0.3, 0.4) is 0 Å². The van der Waals surface area contributed by atoms with Crippen LogP contribution in [0.4, 0.5) is 0 Å². The van der Waals surface area contributed by atoms with Crippen molar-refractivity contribution in [2.24, 2.45) is 0 Å². The van der Waals surface area contributed by atoms with E-state index in [1.54, 1.807) is 39.5 Å². The number of carbonyl (C=O) groups is 1. The molecule has 152 valence electrons. The van der Waals surface area contributed by atoms with Crippen molar-refractivity contribution in [3.63, 3.8) is 0 Å². The molecule has 7 nitrogen and oxygen atoms in total. The van der Waals surface area contributed by atoms with E-state index in [0.717, 1.165) is 22.8 Å². The second-order valence-corrected chi connectivity index (χ2v) is 6.36. The van der Waals surface area contributed by atoms with Crippen molar-refractivity contribution >= 4 is 5.91 Å². The zero-order chi connectivity index (χ0) is 20.8. The van der Waals surface area contributed by atoms with Crippen LogP contribution in [0.2, 0.25) is 0 Å². The fraction of sp³-hybridized carbons (Fsp3) is 0.273. The summed E-state index contributed by atoms with van der Waals surface area (Å²) >= 11 is 0. The number of hydrogen-bond acceptors (Lipinski definition) is 6. The first kappa shape index (κ1) is 20.3. The summed E-state index contributed by atoms with van der Waals surface area (Å²) < 4.78 is 21.4. The summed E-state index contributed by atoms with van der Waals surface area (Å²) in [5, 5.41) is 2.89. The predicted molar refractivity (Wildman–Crippen MR) is 109 cm³/mol. The molecule has 7 heteroatoms. The second kappa shape index (κ2) is 9.14. The molecule has 1 heterocycles. The number of methoxy groups -OCH3 is 3. The first-order valence-corrected chi connectivity index (χ1v) is 9.16. The highest BCUT2D eigenvalue weighted by atomic mass is 16.5. The van der Waals surface area contributed by atoms with Crippen LogP contribution >= 0.6 is 0 Å². The SMILES string of the molecule is COc1ccc(-c2nc(CCNC(=O)c3cc(OC)cc(OC)c3)c(C)o2)cc1. The van der Waals surface area contributed by atoms with Gasteiger partial charge in [-0.3, -0.25) is 4.79 Å². The Balaban J connectivity index is 1.63. The standard InChI is InChI=1S/C22H24N2O5/c1-14-20(24-22(29-14)15-5-7-17(26-2)8-6-15)9-10-23-21(25)16-11-18(27-3)13-19(12-16)28-4/h5-8,11-13H,9-10H2,1-4H3,(H,23,25). The van der Waals surface area contributed by atoms with Crippen LogP contribution in [0.25, 0.3) is 11.5 Å². The number of nitrogens with zero attached hydrogens (tertiary/aromatic N) is 1. The molecule has 0 radical (unpaired) electrons. The van der Waals surface area contributed by atoms with Crippen molar-refractivity contribution in [1.29, 1.82) is 0 Å². The molecule has 3 aromatic rings. The van der Waals surface area contributed by atoms with Crippen molar-refractivity contribution in [2.45, 2.75) is 13.3 Å². The number of amides is 1. The summed E-state index contributed by atoms with van der Waals surface area (Å²) in [7, 11) is 4.71. The Hall–Kier alpha value is -3.48. The van der Waals surface area contributed by atoms with Gasteiger partial charge >= 0.3 is 0 Å². The highest BCUT2D eigenvalue weighted by Crippen LogP contribution is 2.24. The van der Waals surface area contributed by atoms with Crippen molar-refractivity contribution in [2.75, 3.05) is 27.9 Å². The van der Waals surface area contributed by atoms with Crippen molar-refractivity contribution in [3.05, 3.63) is 59.5 Å². The van der Waals surface area contributed by atoms with E-state index < -0.39 is 0 Å². The van der Waals surface area contributed by atoms with Crippen molar-refractivity contribution in [1.82, 2.24) is 10.3 Å². The normalized spacial score (nSPS) is 10.5. The third-order valence-corrected chi connectivity index (χ3v) is 4.49. The number of hydrogen-bond donors (Lipinski definition) is 1. The molecule has 1 aromatic heterocycles. The van der Waals surface area contributed by atoms with E-state index in [2.05, 4.69) is 10.3 Å². The maximum absolute atomic E-state index is 12.5. The Bertz CT molecular complexity index is 957. The summed E-state index contributed by atoms with van der Waals surface area (Å²) in [5.74, 6) is 2.96. The average molecular weight is 396 g/mol. The van der Waals surface area contributed by atoms with Gasteiger partial charge in [-0.15, -0.1) is 0 Å². The number of nitrogens with one attached hydrogen (secondary N) is 1. The Kier molecular flexibility index (Phi) is 6.39. The minimum absolute atomic E-state index is 0.210. The molecule has 2 aromatic carbocycles. The fourth-order valence-electron chi connectivity index (χ4n) is 2.85. The lowest BCUT2D eigenvalue weighted by Gasteiger charge is -2.09. The number of aryl methyl sites for hydroxylation is 1. The zero-order valence-electron chi connectivity index (χ0n) is 16.9. The highest BCUT2D eigenvalue weighted by molar-refractivity contribution is 5.95. The molecular formula is C22H24N2O5. The van der Waals surface area contributed by atoms with E-state index in [1.165, 1.54) is 0 Å². The molecule has 1 amide bonds. The van der Waals surface area contributed by atoms with Gasteiger partial charge in [0.2, 0.25) is 5.89 Å². The first-order chi connectivity index (χ1) is 14.0. The lowest BCUT2D eigenvalue weighted by molar-refractivity contribution is 0.0953. The van der Waals surface area contributed by atoms with Crippen LogP contribution in [-0.4, -0.2) is 38.8 Å². The second-order valence-electron chi connectivity index (χ2n) is 6.36. The maximum Gasteiger partial charge on any atom is 0.251 e. The first-order valence-electron chi connectivity index (χ1n) is 9.16. The van der Waals surface area contributed by atoms with Gasteiger partial charge in [-0.2, -0.15) is 0 Å². The Morgan fingerprint density at radius 2 is 1.59 bits per heavy atom. The number of ether oxygens (including phenoxy) is 3. The van der Waals surface area contributed by atoms with Crippen LogP contribution in [-0.2, 0) is 6.42 Å². The molecule has 0 spiro atoms. The van der Waals surface area contributed by atoms with Crippen LogP contribution in [0.1, 0.15) is 21.8 Å². The highest BCUT2D eigenvalue weighted by Gasteiger charge is 2.13. The van der Waals surface area contributed by atoms with E-state index >= 15 is 0 Å². The van der Waals surface area contributed by atoms with Gasteiger partial charge in [-0.1, -0.05) is 0 Å². The molecule has 0 aliphatic carbocycles. The van der Waals surface area contributed by atoms with Gasteiger partial charge < -0.3 is 23.9 Å². The fourth-order valence-corrected chi connectivity index (χ4v) is 2.85. The smallest absolute Gasteiger partial charge is 0.251 e. The molecule has 0 saturated heterocycles. The number of oxazole rings is 1. The van der Waals surface area contributed by atoms with Gasteiger partial charge in [-0.25, -0.2) is 4.98 Å². The van der Waals surface area contributed by atoms with Gasteiger partial charge in [0.15, 0.2) is 0 Å². The van der Waals surface area contributed by atoms with Crippen molar-refractivity contribution in [3.8, 4) is 28.7 Å². The third-order valence-electron chi connectivity index (χ3n) is 4.49. The van der Waals surface area contributed by atoms with Crippen LogP contribution in [0.5, 0.6) is 17.2 Å². The minimum Gasteiger partial charge on any atom is -0.497 e. The zero-order valence-corrected chi connectivity index (χ0v) is 16.9. The van der Waals surface area contributed by atoms with E-state index in [-0.39, 0.29) is 5.91 Å². The van der Waals surface area contributed by atoms with E-state index in [0.29, 0.717) is 35.9 Å². The largest absolute Gasteiger partial charge is 0.497 e. The maximum atomic E-state index is 12.5. The van der Waals surface area contributed by atoms with E-state index in [4.69, 9.17) is 18.6 Å². The van der Waals surface area contributed by atoms with Gasteiger partial charge in [0.05, 0.1) is 27.0 Å². The monoisotopic (exact) mass is 396 g/mol. The molecule has 0 saturated carbocycles. The quantitative estimate of drug-likeness (QED) is 0.626. The topological polar surface area (TPSA) is 82.8 Å². The summed E-state index contributed by atoms with van der Waals surface area (Å²) in [6.07, 6.45) is 0.554. The van der Waals surface area contributed by atoms with Gasteiger partial charge in [0.1, 0.15) is 23.0 Å². The van der Waals surface area contributed by atoms with Gasteiger partial charge in [-0.05, 0) is 43.3 Å². The number of carbonyl (C=O) groups excluding carboxylic acids is 1. The average Bonchev–Trinajstić information content (AvgIpc) is 3.13. The molecule has 1 N–H and O–H groups in total. The molecule has 3 rings (SSSR count). The predicted octanol–water partition coefficient (Wildman–Crippen LogP) is 3.65. The Morgan fingerprint density at radius 1 is 0.966 bits per heavy atom. The Labute approximate surface area is 169 Å². The van der Waals surface area contributed by atoms with E-state index in [1.807, 2.05) is 31.2 Å². The minimum atomic E-state index is -0.210. The molecule has 0 fully saturated rings.